The molecule has 20 heavy (non-hydrogen) atoms. The Morgan fingerprint density at radius 1 is 1.40 bits per heavy atom. The Labute approximate surface area is 122 Å². The van der Waals surface area contributed by atoms with Gasteiger partial charge in [0.05, 0.1) is 1.37 Å². The van der Waals surface area contributed by atoms with Crippen LogP contribution in [0.25, 0.3) is 0 Å². The predicted molar refractivity (Wildman–Crippen MR) is 74.4 cm³/mol. The molecule has 1 atom stereocenters. The Morgan fingerprint density at radius 3 is 2.75 bits per heavy atom. The Kier molecular flexibility index (Phi) is 3.63. The number of esters is 1. The lowest BCUT2D eigenvalue weighted by Crippen LogP contribution is -2.37. The molecule has 1 aliphatic carbocycles. The van der Waals surface area contributed by atoms with Crippen molar-refractivity contribution in [3.63, 3.8) is 0 Å². The first-order chi connectivity index (χ1) is 10.7. The number of aromatic hydroxyl groups is 2. The Hall–Kier alpha value is -1.75. The molecule has 1 aromatic carbocycles. The van der Waals surface area contributed by atoms with Crippen LogP contribution in [0.15, 0.2) is 18.2 Å². The molecule has 0 spiro atoms. The van der Waals surface area contributed by atoms with Gasteiger partial charge in [0.15, 0.2) is 11.5 Å². The highest BCUT2D eigenvalue weighted by molar-refractivity contribution is 5.76. The summed E-state index contributed by atoms with van der Waals surface area (Å²) in [6, 6.07) is 0.511. The van der Waals surface area contributed by atoms with Gasteiger partial charge in [-0.3, -0.25) is 4.79 Å². The smallest absolute Gasteiger partial charge is 0.323 e. The zero-order valence-electron chi connectivity index (χ0n) is 14.1. The van der Waals surface area contributed by atoms with Crippen molar-refractivity contribution in [1.29, 1.82) is 0 Å². The second-order valence-electron chi connectivity index (χ2n) is 4.91. The summed E-state index contributed by atoms with van der Waals surface area (Å²) in [7, 11) is 0. The number of carbonyl (C=O) groups excluding carboxylic acids is 1. The number of rotatable bonds is 4. The summed E-state index contributed by atoms with van der Waals surface area (Å²) >= 11 is 0. The second kappa shape index (κ2) is 6.61. The van der Waals surface area contributed by atoms with E-state index < -0.39 is 29.9 Å². The predicted octanol–water partition coefficient (Wildman–Crippen LogP) is 1.84. The number of benzene rings is 1. The number of hydrogen-bond donors (Lipinski definition) is 3. The molecule has 0 aliphatic heterocycles. The minimum atomic E-state index is -2.67. The van der Waals surface area contributed by atoms with Crippen LogP contribution in [0, 0.1) is 0 Å². The Balaban J connectivity index is 2.20. The topological polar surface area (TPSA) is 92.8 Å². The first kappa shape index (κ1) is 11.0. The van der Waals surface area contributed by atoms with E-state index in [0.717, 1.165) is 31.4 Å². The van der Waals surface area contributed by atoms with Crippen LogP contribution >= 0.6 is 0 Å². The van der Waals surface area contributed by atoms with Gasteiger partial charge in [-0.1, -0.05) is 12.5 Å². The van der Waals surface area contributed by atoms with Crippen molar-refractivity contribution in [2.45, 2.75) is 50.6 Å². The van der Waals surface area contributed by atoms with Gasteiger partial charge in [-0.05, 0) is 49.8 Å². The molecule has 0 aromatic heterocycles. The number of phenols is 2. The van der Waals surface area contributed by atoms with E-state index in [1.807, 2.05) is 0 Å². The lowest BCUT2D eigenvalue weighted by molar-refractivity contribution is -0.152. The van der Waals surface area contributed by atoms with Crippen molar-refractivity contribution >= 4 is 5.97 Å². The van der Waals surface area contributed by atoms with Gasteiger partial charge < -0.3 is 20.7 Å². The van der Waals surface area contributed by atoms with Crippen LogP contribution in [0.1, 0.15) is 41.8 Å². The minimum Gasteiger partial charge on any atom is -0.504 e. The van der Waals surface area contributed by atoms with Gasteiger partial charge in [0, 0.05) is 2.74 Å². The molecular formula is C15H21NO4. The molecule has 2 rings (SSSR count). The summed E-state index contributed by atoms with van der Waals surface area (Å²) in [5.74, 6) is -2.12. The molecule has 0 saturated heterocycles. The van der Waals surface area contributed by atoms with Gasteiger partial charge in [-0.25, -0.2) is 0 Å². The number of hydrogen-bond acceptors (Lipinski definition) is 5. The number of ether oxygens (including phenoxy) is 1. The molecule has 1 saturated carbocycles. The maximum atomic E-state index is 12.2. The van der Waals surface area contributed by atoms with Crippen molar-refractivity contribution in [2.75, 3.05) is 0 Å². The fraction of sp³-hybridized carbons (Fsp3) is 0.533. The van der Waals surface area contributed by atoms with Crippen molar-refractivity contribution in [1.82, 2.24) is 0 Å². The summed E-state index contributed by atoms with van der Waals surface area (Å²) in [5.41, 5.74) is 5.46. The molecule has 0 amide bonds. The zero-order valence-corrected chi connectivity index (χ0v) is 11.1. The SMILES string of the molecule is [2H]C([2H])(c1ccc(O)c(O)c1)[C@]([2H])(N)C(=O)OC1CCCCC1. The molecule has 0 unspecified atom stereocenters. The van der Waals surface area contributed by atoms with E-state index in [1.54, 1.807) is 0 Å². The molecule has 1 fully saturated rings. The molecule has 4 N–H and O–H groups in total. The molecule has 5 nitrogen and oxygen atoms in total. The molecule has 1 aromatic rings. The molecule has 0 heterocycles. The third-order valence-electron chi connectivity index (χ3n) is 3.30. The second-order valence-corrected chi connectivity index (χ2v) is 4.91. The van der Waals surface area contributed by atoms with E-state index in [2.05, 4.69) is 0 Å². The molecule has 110 valence electrons. The summed E-state index contributed by atoms with van der Waals surface area (Å²) in [6.07, 6.45) is 1.34. The molecule has 1 aliphatic rings. The standard InChI is InChI=1S/C15H21NO4/c16-12(8-10-6-7-13(17)14(18)9-10)15(19)20-11-4-2-1-3-5-11/h6-7,9,11-12,17-18H,1-5,8,16H2/t12-/m0/s1/i8D2,12D. The number of phenolic OH excluding ortho intramolecular Hbond substituents is 2. The fourth-order valence-electron chi connectivity index (χ4n) is 2.21. The van der Waals surface area contributed by atoms with Crippen molar-refractivity contribution < 1.29 is 23.9 Å². The van der Waals surface area contributed by atoms with E-state index in [9.17, 15) is 15.0 Å². The van der Waals surface area contributed by atoms with Crippen LogP contribution in [0.4, 0.5) is 0 Å². The summed E-state index contributed by atoms with van der Waals surface area (Å²) in [5, 5.41) is 18.8. The van der Waals surface area contributed by atoms with Crippen LogP contribution < -0.4 is 5.73 Å². The first-order valence-corrected chi connectivity index (χ1v) is 6.68. The number of nitrogens with two attached hydrogens (primary N) is 1. The van der Waals surface area contributed by atoms with Gasteiger partial charge in [0.25, 0.3) is 0 Å². The number of carbonyl (C=O) groups is 1. The van der Waals surface area contributed by atoms with E-state index in [0.29, 0.717) is 12.8 Å². The van der Waals surface area contributed by atoms with Crippen LogP contribution in [-0.2, 0) is 15.9 Å². The van der Waals surface area contributed by atoms with E-state index >= 15 is 0 Å². The van der Waals surface area contributed by atoms with E-state index in [4.69, 9.17) is 14.6 Å². The van der Waals surface area contributed by atoms with Gasteiger partial charge in [-0.15, -0.1) is 0 Å². The molecular weight excluding hydrogens is 258 g/mol. The minimum absolute atomic E-state index is 0.189. The molecule has 5 heteroatoms. The van der Waals surface area contributed by atoms with Crippen LogP contribution in [0.2, 0.25) is 0 Å². The highest BCUT2D eigenvalue weighted by Crippen LogP contribution is 2.25. The van der Waals surface area contributed by atoms with Gasteiger partial charge in [0.2, 0.25) is 0 Å². The van der Waals surface area contributed by atoms with E-state index in [-0.39, 0.29) is 11.7 Å². The quantitative estimate of drug-likeness (QED) is 0.579. The highest BCUT2D eigenvalue weighted by atomic mass is 16.5. The third kappa shape index (κ3) is 3.87. The maximum Gasteiger partial charge on any atom is 0.323 e. The summed E-state index contributed by atoms with van der Waals surface area (Å²) in [4.78, 5) is 12.2. The van der Waals surface area contributed by atoms with Crippen LogP contribution in [0.5, 0.6) is 11.5 Å². The van der Waals surface area contributed by atoms with Gasteiger partial charge >= 0.3 is 5.97 Å². The van der Waals surface area contributed by atoms with Crippen LogP contribution in [-0.4, -0.2) is 28.3 Å². The monoisotopic (exact) mass is 282 g/mol. The average Bonchev–Trinajstić information content (AvgIpc) is 2.50. The van der Waals surface area contributed by atoms with E-state index in [1.165, 1.54) is 6.07 Å². The molecule has 0 radical (unpaired) electrons. The zero-order chi connectivity index (χ0) is 17.3. The third-order valence-corrected chi connectivity index (χ3v) is 3.30. The maximum absolute atomic E-state index is 12.2. The van der Waals surface area contributed by atoms with Gasteiger partial charge in [-0.2, -0.15) is 0 Å². The largest absolute Gasteiger partial charge is 0.504 e. The Bertz CT molecular complexity index is 586. The fourth-order valence-corrected chi connectivity index (χ4v) is 2.21. The average molecular weight is 282 g/mol. The first-order valence-electron chi connectivity index (χ1n) is 8.18. The normalized spacial score (nSPS) is 22.1. The van der Waals surface area contributed by atoms with Crippen LogP contribution in [0.3, 0.4) is 0 Å². The summed E-state index contributed by atoms with van der Waals surface area (Å²) in [6.45, 7) is 0. The summed E-state index contributed by atoms with van der Waals surface area (Å²) < 4.78 is 29.3. The van der Waals surface area contributed by atoms with Gasteiger partial charge in [0.1, 0.15) is 12.1 Å². The lowest BCUT2D eigenvalue weighted by atomic mass is 9.97. The lowest BCUT2D eigenvalue weighted by Gasteiger charge is -2.23. The molecule has 0 bridgehead atoms. The van der Waals surface area contributed by atoms with Crippen molar-refractivity contribution in [3.05, 3.63) is 23.8 Å². The Morgan fingerprint density at radius 2 is 2.10 bits per heavy atom. The highest BCUT2D eigenvalue weighted by Gasteiger charge is 2.22. The van der Waals surface area contributed by atoms with Crippen molar-refractivity contribution in [3.8, 4) is 11.5 Å². The van der Waals surface area contributed by atoms with Crippen molar-refractivity contribution in [2.24, 2.45) is 5.73 Å².